The third-order valence-electron chi connectivity index (χ3n) is 3.79. The molecule has 0 aliphatic carbocycles. The Hall–Kier alpha value is -1.83. The van der Waals surface area contributed by atoms with Crippen molar-refractivity contribution in [2.24, 2.45) is 0 Å². The molecule has 0 saturated carbocycles. The van der Waals surface area contributed by atoms with Crippen LogP contribution >= 0.6 is 35.0 Å². The fourth-order valence-corrected chi connectivity index (χ4v) is 3.89. The van der Waals surface area contributed by atoms with Gasteiger partial charge in [0.15, 0.2) is 16.8 Å². The van der Waals surface area contributed by atoms with Crippen molar-refractivity contribution >= 4 is 35.0 Å². The molecule has 142 valence electrons. The van der Waals surface area contributed by atoms with Gasteiger partial charge in [-0.05, 0) is 31.5 Å². The quantitative estimate of drug-likeness (QED) is 0.345. The zero-order valence-corrected chi connectivity index (χ0v) is 17.4. The van der Waals surface area contributed by atoms with Gasteiger partial charge in [-0.1, -0.05) is 53.1 Å². The molecular formula is C18H19Cl2N5OS. The van der Waals surface area contributed by atoms with Crippen LogP contribution in [-0.2, 0) is 13.0 Å². The van der Waals surface area contributed by atoms with Gasteiger partial charge in [-0.2, -0.15) is 4.98 Å². The molecule has 2 aromatic heterocycles. The van der Waals surface area contributed by atoms with Crippen molar-refractivity contribution in [1.29, 1.82) is 0 Å². The Labute approximate surface area is 172 Å². The van der Waals surface area contributed by atoms with Gasteiger partial charge in [0.2, 0.25) is 5.89 Å². The van der Waals surface area contributed by atoms with E-state index < -0.39 is 0 Å². The molecule has 1 atom stereocenters. The molecule has 27 heavy (non-hydrogen) atoms. The molecule has 0 N–H and O–H groups in total. The van der Waals surface area contributed by atoms with E-state index in [9.17, 15) is 0 Å². The molecule has 1 aromatic carbocycles. The van der Waals surface area contributed by atoms with E-state index in [4.69, 9.17) is 27.7 Å². The lowest BCUT2D eigenvalue weighted by molar-refractivity contribution is 0.374. The smallest absolute Gasteiger partial charge is 0.239 e. The Morgan fingerprint density at radius 1 is 1.33 bits per heavy atom. The molecule has 0 bridgehead atoms. The van der Waals surface area contributed by atoms with Crippen molar-refractivity contribution in [3.8, 4) is 11.4 Å². The summed E-state index contributed by atoms with van der Waals surface area (Å²) in [5.41, 5.74) is 0.762. The number of aryl methyl sites for hydroxylation is 1. The van der Waals surface area contributed by atoms with Gasteiger partial charge in [0.25, 0.3) is 0 Å². The SMILES string of the molecule is C=CCn1c(S[C@H](C)c2nc(CCC)no2)nnc1-c1ccc(Cl)cc1Cl. The summed E-state index contributed by atoms with van der Waals surface area (Å²) < 4.78 is 7.33. The van der Waals surface area contributed by atoms with Crippen LogP contribution in [0.15, 0.2) is 40.5 Å². The number of nitrogens with zero attached hydrogens (tertiary/aromatic N) is 5. The van der Waals surface area contributed by atoms with Crippen LogP contribution in [0.4, 0.5) is 0 Å². The van der Waals surface area contributed by atoms with Gasteiger partial charge in [0, 0.05) is 23.6 Å². The zero-order valence-electron chi connectivity index (χ0n) is 15.0. The lowest BCUT2D eigenvalue weighted by atomic mass is 10.2. The molecule has 0 radical (unpaired) electrons. The third-order valence-corrected chi connectivity index (χ3v) is 5.40. The predicted molar refractivity (Wildman–Crippen MR) is 108 cm³/mol. The van der Waals surface area contributed by atoms with E-state index in [1.54, 1.807) is 18.2 Å². The van der Waals surface area contributed by atoms with Crippen LogP contribution in [-0.4, -0.2) is 24.9 Å². The van der Waals surface area contributed by atoms with Crippen LogP contribution in [0.2, 0.25) is 10.0 Å². The Morgan fingerprint density at radius 3 is 2.85 bits per heavy atom. The molecule has 3 rings (SSSR count). The van der Waals surface area contributed by atoms with Crippen molar-refractivity contribution < 1.29 is 4.52 Å². The Kier molecular flexibility index (Phi) is 6.57. The Balaban J connectivity index is 1.89. The first kappa shape index (κ1) is 19.9. The highest BCUT2D eigenvalue weighted by atomic mass is 35.5. The number of benzene rings is 1. The minimum atomic E-state index is -0.0654. The number of halogens is 2. The van der Waals surface area contributed by atoms with Crippen molar-refractivity contribution in [3.05, 3.63) is 52.6 Å². The molecule has 3 aromatic rings. The topological polar surface area (TPSA) is 69.6 Å². The minimum Gasteiger partial charge on any atom is -0.338 e. The van der Waals surface area contributed by atoms with E-state index in [2.05, 4.69) is 33.8 Å². The van der Waals surface area contributed by atoms with E-state index in [0.29, 0.717) is 28.3 Å². The maximum absolute atomic E-state index is 6.35. The minimum absolute atomic E-state index is 0.0654. The summed E-state index contributed by atoms with van der Waals surface area (Å²) in [4.78, 5) is 4.45. The van der Waals surface area contributed by atoms with Crippen LogP contribution in [0, 0.1) is 0 Å². The van der Waals surface area contributed by atoms with E-state index in [1.807, 2.05) is 17.6 Å². The van der Waals surface area contributed by atoms with Crippen molar-refractivity contribution in [1.82, 2.24) is 24.9 Å². The lowest BCUT2D eigenvalue weighted by Gasteiger charge is -2.10. The number of hydrogen-bond donors (Lipinski definition) is 0. The molecule has 0 amide bonds. The van der Waals surface area contributed by atoms with Gasteiger partial charge in [-0.3, -0.25) is 4.57 Å². The van der Waals surface area contributed by atoms with E-state index in [1.165, 1.54) is 11.8 Å². The fourth-order valence-electron chi connectivity index (χ4n) is 2.51. The van der Waals surface area contributed by atoms with Crippen LogP contribution in [0.1, 0.15) is 37.2 Å². The van der Waals surface area contributed by atoms with Crippen molar-refractivity contribution in [2.75, 3.05) is 0 Å². The number of rotatable bonds is 8. The average molecular weight is 424 g/mol. The largest absolute Gasteiger partial charge is 0.338 e. The summed E-state index contributed by atoms with van der Waals surface area (Å²) >= 11 is 13.8. The summed E-state index contributed by atoms with van der Waals surface area (Å²) in [5, 5.41) is 14.4. The molecule has 0 saturated heterocycles. The molecule has 0 aliphatic rings. The molecule has 2 heterocycles. The summed E-state index contributed by atoms with van der Waals surface area (Å²) in [7, 11) is 0. The fraction of sp³-hybridized carbons (Fsp3) is 0.333. The van der Waals surface area contributed by atoms with E-state index in [0.717, 1.165) is 29.4 Å². The Bertz CT molecular complexity index is 940. The molecule has 0 spiro atoms. The summed E-state index contributed by atoms with van der Waals surface area (Å²) in [6, 6.07) is 5.30. The first-order valence-corrected chi connectivity index (χ1v) is 10.2. The van der Waals surface area contributed by atoms with Gasteiger partial charge in [-0.15, -0.1) is 16.8 Å². The molecular weight excluding hydrogens is 405 g/mol. The summed E-state index contributed by atoms with van der Waals surface area (Å²) in [5.74, 6) is 1.95. The molecule has 0 unspecified atom stereocenters. The van der Waals surface area contributed by atoms with Crippen LogP contribution < -0.4 is 0 Å². The Morgan fingerprint density at radius 2 is 2.15 bits per heavy atom. The number of thioether (sulfide) groups is 1. The lowest BCUT2D eigenvalue weighted by Crippen LogP contribution is -2.02. The second kappa shape index (κ2) is 8.91. The number of hydrogen-bond acceptors (Lipinski definition) is 6. The summed E-state index contributed by atoms with van der Waals surface area (Å²) in [6.07, 6.45) is 3.56. The van der Waals surface area contributed by atoms with E-state index >= 15 is 0 Å². The number of aromatic nitrogens is 5. The monoisotopic (exact) mass is 423 g/mol. The third kappa shape index (κ3) is 4.54. The van der Waals surface area contributed by atoms with Gasteiger partial charge >= 0.3 is 0 Å². The normalized spacial score (nSPS) is 12.3. The van der Waals surface area contributed by atoms with Gasteiger partial charge in [0.1, 0.15) is 0 Å². The highest BCUT2D eigenvalue weighted by Crippen LogP contribution is 2.36. The van der Waals surface area contributed by atoms with Crippen molar-refractivity contribution in [3.63, 3.8) is 0 Å². The first-order chi connectivity index (χ1) is 13.0. The second-order valence-electron chi connectivity index (χ2n) is 5.89. The molecule has 0 aliphatic heterocycles. The standard InChI is InChI=1S/C18H19Cl2N5OS/c1-4-6-15-21-17(26-24-15)11(3)27-18-23-22-16(25(18)9-5-2)13-8-7-12(19)10-14(13)20/h5,7-8,10-11H,2,4,6,9H2,1,3H3/t11-/m1/s1. The number of allylic oxidation sites excluding steroid dienone is 1. The first-order valence-electron chi connectivity index (χ1n) is 8.52. The van der Waals surface area contributed by atoms with Crippen LogP contribution in [0.3, 0.4) is 0 Å². The zero-order chi connectivity index (χ0) is 19.4. The van der Waals surface area contributed by atoms with Gasteiger partial charge < -0.3 is 4.52 Å². The van der Waals surface area contributed by atoms with Gasteiger partial charge in [0.05, 0.1) is 10.3 Å². The predicted octanol–water partition coefficient (Wildman–Crippen LogP) is 5.63. The maximum Gasteiger partial charge on any atom is 0.239 e. The highest BCUT2D eigenvalue weighted by molar-refractivity contribution is 7.99. The van der Waals surface area contributed by atoms with Crippen molar-refractivity contribution in [2.45, 2.75) is 43.6 Å². The van der Waals surface area contributed by atoms with Gasteiger partial charge in [-0.25, -0.2) is 0 Å². The van der Waals surface area contributed by atoms with Crippen LogP contribution in [0.5, 0.6) is 0 Å². The maximum atomic E-state index is 6.35. The summed E-state index contributed by atoms with van der Waals surface area (Å²) in [6.45, 7) is 8.45. The van der Waals surface area contributed by atoms with Crippen LogP contribution in [0.25, 0.3) is 11.4 Å². The molecule has 0 fully saturated rings. The highest BCUT2D eigenvalue weighted by Gasteiger charge is 2.21. The molecule has 9 heteroatoms. The average Bonchev–Trinajstić information content (AvgIpc) is 3.24. The molecule has 6 nitrogen and oxygen atoms in total. The second-order valence-corrected chi connectivity index (χ2v) is 8.04. The van der Waals surface area contributed by atoms with E-state index in [-0.39, 0.29) is 5.25 Å².